The van der Waals surface area contributed by atoms with Gasteiger partial charge in [0, 0.05) is 11.7 Å². The topological polar surface area (TPSA) is 87.7 Å². The Bertz CT molecular complexity index is 1070. The van der Waals surface area contributed by atoms with Gasteiger partial charge in [0.05, 0.1) is 0 Å². The predicted molar refractivity (Wildman–Crippen MR) is 137 cm³/mol. The number of rotatable bonds is 7. The third-order valence-corrected chi connectivity index (χ3v) is 6.24. The van der Waals surface area contributed by atoms with Crippen molar-refractivity contribution in [1.82, 2.24) is 10.2 Å². The molecule has 1 saturated carbocycles. The maximum absolute atomic E-state index is 13.8. The number of amides is 3. The standard InChI is InChI=1S/C28H37N3O4/c1-18-12-7-9-16-22(18)24(25(32)30-23-17-10-8-13-19(23)2)31(21-14-11-15-21)26(33)20(3)29-27(34)35-28(4,5)6/h7-10,12-13,16-17,20-21,24H,11,14-15H2,1-6H3,(H,29,34)(H,30,32). The lowest BCUT2D eigenvalue weighted by atomic mass is 9.87. The van der Waals surface area contributed by atoms with Gasteiger partial charge in [-0.05, 0) is 83.6 Å². The average Bonchev–Trinajstić information content (AvgIpc) is 2.73. The van der Waals surface area contributed by atoms with Gasteiger partial charge >= 0.3 is 6.09 Å². The number of hydrogen-bond acceptors (Lipinski definition) is 4. The van der Waals surface area contributed by atoms with Crippen LogP contribution in [0.25, 0.3) is 0 Å². The van der Waals surface area contributed by atoms with E-state index in [0.717, 1.165) is 36.0 Å². The molecule has 0 heterocycles. The third kappa shape index (κ3) is 6.62. The van der Waals surface area contributed by atoms with Crippen LogP contribution in [0.3, 0.4) is 0 Å². The van der Waals surface area contributed by atoms with Gasteiger partial charge in [-0.2, -0.15) is 0 Å². The first kappa shape index (κ1) is 26.3. The highest BCUT2D eigenvalue weighted by Gasteiger charge is 2.41. The number of nitrogens with one attached hydrogen (secondary N) is 2. The Hall–Kier alpha value is -3.35. The second-order valence-corrected chi connectivity index (χ2v) is 10.3. The van der Waals surface area contributed by atoms with E-state index in [0.29, 0.717) is 5.69 Å². The van der Waals surface area contributed by atoms with Crippen LogP contribution < -0.4 is 10.6 Å². The molecular weight excluding hydrogens is 442 g/mol. The first-order chi connectivity index (χ1) is 16.5. The zero-order valence-corrected chi connectivity index (χ0v) is 21.6. The Balaban J connectivity index is 1.96. The van der Waals surface area contributed by atoms with Gasteiger partial charge < -0.3 is 20.3 Å². The molecule has 0 aromatic heterocycles. The molecule has 0 saturated heterocycles. The number of nitrogens with zero attached hydrogens (tertiary/aromatic N) is 1. The van der Waals surface area contributed by atoms with Gasteiger partial charge in [-0.1, -0.05) is 42.5 Å². The van der Waals surface area contributed by atoms with Crippen molar-refractivity contribution < 1.29 is 19.1 Å². The molecule has 7 heteroatoms. The molecule has 1 aliphatic rings. The fourth-order valence-electron chi connectivity index (χ4n) is 4.18. The lowest BCUT2D eigenvalue weighted by Crippen LogP contribution is -2.56. The Morgan fingerprint density at radius 2 is 1.57 bits per heavy atom. The zero-order valence-electron chi connectivity index (χ0n) is 21.6. The summed E-state index contributed by atoms with van der Waals surface area (Å²) in [5.41, 5.74) is 2.64. The van der Waals surface area contributed by atoms with E-state index in [2.05, 4.69) is 10.6 Å². The number of alkyl carbamates (subject to hydrolysis) is 1. The van der Waals surface area contributed by atoms with E-state index in [4.69, 9.17) is 4.74 Å². The van der Waals surface area contributed by atoms with Crippen molar-refractivity contribution in [3.8, 4) is 0 Å². The van der Waals surface area contributed by atoms with Crippen molar-refractivity contribution in [2.45, 2.75) is 84.5 Å². The number of benzene rings is 2. The Labute approximate surface area is 208 Å². The Morgan fingerprint density at radius 3 is 2.11 bits per heavy atom. The van der Waals surface area contributed by atoms with Gasteiger partial charge in [-0.15, -0.1) is 0 Å². The summed E-state index contributed by atoms with van der Waals surface area (Å²) in [6.45, 7) is 10.8. The molecule has 2 atom stereocenters. The number of aryl methyl sites for hydroxylation is 2. The molecule has 0 radical (unpaired) electrons. The minimum atomic E-state index is -0.858. The maximum atomic E-state index is 13.8. The summed E-state index contributed by atoms with van der Waals surface area (Å²) in [7, 11) is 0. The summed E-state index contributed by atoms with van der Waals surface area (Å²) >= 11 is 0. The Morgan fingerprint density at radius 1 is 0.971 bits per heavy atom. The molecule has 2 N–H and O–H groups in total. The molecule has 1 fully saturated rings. The van der Waals surface area contributed by atoms with Crippen molar-refractivity contribution in [2.24, 2.45) is 0 Å². The van der Waals surface area contributed by atoms with Gasteiger partial charge in [0.2, 0.25) is 5.91 Å². The average molecular weight is 480 g/mol. The lowest BCUT2D eigenvalue weighted by Gasteiger charge is -2.43. The predicted octanol–water partition coefficient (Wildman–Crippen LogP) is 5.28. The minimum Gasteiger partial charge on any atom is -0.444 e. The molecule has 188 valence electrons. The van der Waals surface area contributed by atoms with E-state index < -0.39 is 23.8 Å². The van der Waals surface area contributed by atoms with Crippen LogP contribution in [0.4, 0.5) is 10.5 Å². The first-order valence-corrected chi connectivity index (χ1v) is 12.2. The molecule has 7 nitrogen and oxygen atoms in total. The normalized spacial score (nSPS) is 15.4. The monoisotopic (exact) mass is 479 g/mol. The highest BCUT2D eigenvalue weighted by atomic mass is 16.6. The molecule has 2 aromatic rings. The van der Waals surface area contributed by atoms with Crippen LogP contribution in [0.15, 0.2) is 48.5 Å². The summed E-state index contributed by atoms with van der Waals surface area (Å²) < 4.78 is 5.34. The largest absolute Gasteiger partial charge is 0.444 e. The number of carbonyl (C=O) groups excluding carboxylic acids is 3. The van der Waals surface area contributed by atoms with E-state index in [9.17, 15) is 14.4 Å². The van der Waals surface area contributed by atoms with Crippen molar-refractivity contribution in [2.75, 3.05) is 5.32 Å². The van der Waals surface area contributed by atoms with Crippen LogP contribution in [-0.2, 0) is 14.3 Å². The zero-order chi connectivity index (χ0) is 25.8. The van der Waals surface area contributed by atoms with Gasteiger partial charge in [-0.3, -0.25) is 9.59 Å². The number of anilines is 1. The van der Waals surface area contributed by atoms with Crippen molar-refractivity contribution in [3.05, 3.63) is 65.2 Å². The van der Waals surface area contributed by atoms with E-state index in [1.165, 1.54) is 0 Å². The number of hydrogen-bond donors (Lipinski definition) is 2. The molecule has 35 heavy (non-hydrogen) atoms. The number of carbonyl (C=O) groups is 3. The molecule has 3 amide bonds. The summed E-state index contributed by atoms with van der Waals surface area (Å²) in [5, 5.41) is 5.69. The highest BCUT2D eigenvalue weighted by Crippen LogP contribution is 2.35. The summed E-state index contributed by atoms with van der Waals surface area (Å²) in [6.07, 6.45) is 1.95. The molecule has 2 aromatic carbocycles. The van der Waals surface area contributed by atoms with Gasteiger partial charge in [-0.25, -0.2) is 4.79 Å². The molecule has 0 spiro atoms. The molecule has 3 rings (SSSR count). The highest BCUT2D eigenvalue weighted by molar-refractivity contribution is 5.99. The summed E-state index contributed by atoms with van der Waals surface area (Å²) in [6, 6.07) is 13.4. The quantitative estimate of drug-likeness (QED) is 0.566. The first-order valence-electron chi connectivity index (χ1n) is 12.2. The third-order valence-electron chi connectivity index (χ3n) is 6.24. The lowest BCUT2D eigenvalue weighted by molar-refractivity contribution is -0.145. The molecule has 2 unspecified atom stereocenters. The van der Waals surface area contributed by atoms with Crippen molar-refractivity contribution in [3.63, 3.8) is 0 Å². The molecule has 1 aliphatic carbocycles. The maximum Gasteiger partial charge on any atom is 0.408 e. The van der Waals surface area contributed by atoms with E-state index >= 15 is 0 Å². The summed E-state index contributed by atoms with van der Waals surface area (Å²) in [4.78, 5) is 41.7. The van der Waals surface area contributed by atoms with E-state index in [1.807, 2.05) is 62.4 Å². The second-order valence-electron chi connectivity index (χ2n) is 10.3. The molecule has 0 aliphatic heterocycles. The van der Waals surface area contributed by atoms with Crippen LogP contribution >= 0.6 is 0 Å². The van der Waals surface area contributed by atoms with Crippen LogP contribution in [0.1, 0.15) is 69.7 Å². The fourth-order valence-corrected chi connectivity index (χ4v) is 4.18. The van der Waals surface area contributed by atoms with E-state index in [-0.39, 0.29) is 17.9 Å². The Kier molecular flexibility index (Phi) is 8.20. The summed E-state index contributed by atoms with van der Waals surface area (Å²) in [5.74, 6) is -0.591. The van der Waals surface area contributed by atoms with Crippen LogP contribution in [0.5, 0.6) is 0 Å². The van der Waals surface area contributed by atoms with Crippen LogP contribution in [0.2, 0.25) is 0 Å². The molecule has 0 bridgehead atoms. The minimum absolute atomic E-state index is 0.0855. The number of ether oxygens (including phenoxy) is 1. The van der Waals surface area contributed by atoms with Gasteiger partial charge in [0.25, 0.3) is 5.91 Å². The molecular formula is C28H37N3O4. The SMILES string of the molecule is Cc1ccccc1NC(=O)C(c1ccccc1C)N(C(=O)C(C)NC(=O)OC(C)(C)C)C1CCC1. The van der Waals surface area contributed by atoms with E-state index in [1.54, 1.807) is 32.6 Å². The van der Waals surface area contributed by atoms with Crippen molar-refractivity contribution >= 4 is 23.6 Å². The second kappa shape index (κ2) is 10.9. The number of para-hydroxylation sites is 1. The van der Waals surface area contributed by atoms with Gasteiger partial charge in [0.15, 0.2) is 0 Å². The van der Waals surface area contributed by atoms with Crippen molar-refractivity contribution in [1.29, 1.82) is 0 Å². The van der Waals surface area contributed by atoms with Crippen LogP contribution in [-0.4, -0.2) is 40.5 Å². The van der Waals surface area contributed by atoms with Gasteiger partial charge in [0.1, 0.15) is 17.7 Å². The van der Waals surface area contributed by atoms with Crippen LogP contribution in [0, 0.1) is 13.8 Å². The smallest absolute Gasteiger partial charge is 0.408 e. The fraction of sp³-hybridized carbons (Fsp3) is 0.464.